The van der Waals surface area contributed by atoms with Gasteiger partial charge in [-0.25, -0.2) is 0 Å². The fraction of sp³-hybridized carbons (Fsp3) is 0.385. The van der Waals surface area contributed by atoms with E-state index in [0.717, 1.165) is 47.5 Å². The fourth-order valence-corrected chi connectivity index (χ4v) is 5.79. The number of carbonyl (C=O) groups excluding carboxylic acids is 1. The lowest BCUT2D eigenvalue weighted by atomic mass is 9.96. The smallest absolute Gasteiger partial charge is 0.253 e. The average Bonchev–Trinajstić information content (AvgIpc) is 3.49. The van der Waals surface area contributed by atoms with Crippen molar-refractivity contribution in [3.63, 3.8) is 0 Å². The quantitative estimate of drug-likeness (QED) is 0.525. The molecule has 2 fully saturated rings. The zero-order valence-corrected chi connectivity index (χ0v) is 20.2. The van der Waals surface area contributed by atoms with Crippen molar-refractivity contribution < 1.29 is 14.6 Å². The normalized spacial score (nSPS) is 21.5. The third-order valence-electron chi connectivity index (χ3n) is 6.72. The topological polar surface area (TPSA) is 62.7 Å². The first-order valence-electron chi connectivity index (χ1n) is 11.4. The number of amides is 1. The lowest BCUT2D eigenvalue weighted by Gasteiger charge is -2.30. The average molecular weight is 483 g/mol. The lowest BCUT2D eigenvalue weighted by Crippen LogP contribution is -2.37. The Morgan fingerprint density at radius 1 is 1.21 bits per heavy atom. The van der Waals surface area contributed by atoms with Crippen LogP contribution in [-0.4, -0.2) is 47.2 Å². The predicted molar refractivity (Wildman–Crippen MR) is 132 cm³/mol. The summed E-state index contributed by atoms with van der Waals surface area (Å²) >= 11 is 8.24. The van der Waals surface area contributed by atoms with E-state index >= 15 is 0 Å². The SMILES string of the molecule is CC1CCN(C(=O)c2ccc(-c3cc(-c4ccnc(C5(O)CCOC5)c4)cs3)c(Cl)c2)CC1. The minimum atomic E-state index is -1.02. The molecule has 2 saturated heterocycles. The van der Waals surface area contributed by atoms with Crippen LogP contribution in [0.5, 0.6) is 0 Å². The number of pyridine rings is 1. The van der Waals surface area contributed by atoms with Crippen molar-refractivity contribution in [2.45, 2.75) is 31.8 Å². The highest BCUT2D eigenvalue weighted by atomic mass is 35.5. The number of ether oxygens (including phenoxy) is 1. The molecule has 3 aromatic rings. The number of halogens is 1. The summed E-state index contributed by atoms with van der Waals surface area (Å²) in [6.07, 6.45) is 4.38. The molecule has 7 heteroatoms. The van der Waals surface area contributed by atoms with Gasteiger partial charge in [0, 0.05) is 48.3 Å². The Balaban J connectivity index is 1.36. The number of carbonyl (C=O) groups is 1. The molecule has 1 unspecified atom stereocenters. The van der Waals surface area contributed by atoms with E-state index in [0.29, 0.717) is 35.2 Å². The Labute approximate surface area is 203 Å². The third-order valence-corrected chi connectivity index (χ3v) is 8.00. The number of thiophene rings is 1. The Hall–Kier alpha value is -2.25. The molecule has 2 aliphatic heterocycles. The molecule has 172 valence electrons. The number of rotatable bonds is 4. The van der Waals surface area contributed by atoms with Crippen LogP contribution >= 0.6 is 22.9 Å². The molecule has 0 aliphatic carbocycles. The first kappa shape index (κ1) is 22.5. The third kappa shape index (κ3) is 4.58. The van der Waals surface area contributed by atoms with Gasteiger partial charge in [0.1, 0.15) is 5.60 Å². The summed E-state index contributed by atoms with van der Waals surface area (Å²) in [4.78, 5) is 20.2. The van der Waals surface area contributed by atoms with E-state index in [-0.39, 0.29) is 12.5 Å². The predicted octanol–water partition coefficient (Wildman–Crippen LogP) is 5.61. The van der Waals surface area contributed by atoms with Gasteiger partial charge in [0.15, 0.2) is 0 Å². The summed E-state index contributed by atoms with van der Waals surface area (Å²) in [5.74, 6) is 0.735. The molecule has 0 radical (unpaired) electrons. The summed E-state index contributed by atoms with van der Waals surface area (Å²) in [7, 11) is 0. The minimum absolute atomic E-state index is 0.0559. The Morgan fingerprint density at radius 3 is 2.76 bits per heavy atom. The second kappa shape index (κ2) is 9.18. The highest BCUT2D eigenvalue weighted by Crippen LogP contribution is 2.38. The molecule has 0 spiro atoms. The minimum Gasteiger partial charge on any atom is -0.381 e. The van der Waals surface area contributed by atoms with Crippen LogP contribution in [0.4, 0.5) is 0 Å². The first-order chi connectivity index (χ1) is 15.9. The van der Waals surface area contributed by atoms with Gasteiger partial charge in [-0.1, -0.05) is 24.6 Å². The summed E-state index contributed by atoms with van der Waals surface area (Å²) in [6, 6.07) is 11.6. The van der Waals surface area contributed by atoms with Gasteiger partial charge in [-0.2, -0.15) is 0 Å². The van der Waals surface area contributed by atoms with E-state index in [1.807, 2.05) is 29.2 Å². The monoisotopic (exact) mass is 482 g/mol. The second-order valence-electron chi connectivity index (χ2n) is 9.13. The molecule has 1 atom stereocenters. The van der Waals surface area contributed by atoms with Crippen molar-refractivity contribution in [1.29, 1.82) is 0 Å². The highest BCUT2D eigenvalue weighted by Gasteiger charge is 2.35. The number of hydrogen-bond donors (Lipinski definition) is 1. The molecule has 1 amide bonds. The zero-order valence-electron chi connectivity index (χ0n) is 18.6. The van der Waals surface area contributed by atoms with Crippen LogP contribution in [0.15, 0.2) is 48.0 Å². The van der Waals surface area contributed by atoms with Gasteiger partial charge < -0.3 is 14.7 Å². The molecule has 1 N–H and O–H groups in total. The Morgan fingerprint density at radius 2 is 2.03 bits per heavy atom. The number of hydrogen-bond acceptors (Lipinski definition) is 5. The highest BCUT2D eigenvalue weighted by molar-refractivity contribution is 7.14. The maximum absolute atomic E-state index is 12.9. The number of aromatic nitrogens is 1. The maximum Gasteiger partial charge on any atom is 0.253 e. The molecular weight excluding hydrogens is 456 g/mol. The first-order valence-corrected chi connectivity index (χ1v) is 12.6. The van der Waals surface area contributed by atoms with Crippen LogP contribution in [0.2, 0.25) is 5.02 Å². The summed E-state index contributed by atoms with van der Waals surface area (Å²) < 4.78 is 5.38. The van der Waals surface area contributed by atoms with Gasteiger partial charge in [0.05, 0.1) is 17.3 Å². The standard InChI is InChI=1S/C26H27ClN2O3S/c1-17-5-9-29(10-6-17)25(30)19-2-3-21(22(27)12-19)23-13-20(15-33-23)18-4-8-28-24(14-18)26(31)7-11-32-16-26/h2-4,8,12-15,17,31H,5-7,9-11,16H2,1H3. The van der Waals surface area contributed by atoms with Crippen LogP contribution in [0.1, 0.15) is 42.2 Å². The zero-order chi connectivity index (χ0) is 23.0. The molecule has 33 heavy (non-hydrogen) atoms. The summed E-state index contributed by atoms with van der Waals surface area (Å²) in [6.45, 7) is 4.67. The Bertz CT molecular complexity index is 1160. The van der Waals surface area contributed by atoms with Gasteiger partial charge in [0.25, 0.3) is 5.91 Å². The van der Waals surface area contributed by atoms with Crippen molar-refractivity contribution in [2.24, 2.45) is 5.92 Å². The molecule has 5 nitrogen and oxygen atoms in total. The largest absolute Gasteiger partial charge is 0.381 e. The number of likely N-dealkylation sites (tertiary alicyclic amines) is 1. The van der Waals surface area contributed by atoms with Gasteiger partial charge in [0.2, 0.25) is 0 Å². The molecule has 2 aliphatic rings. The number of nitrogens with zero attached hydrogens (tertiary/aromatic N) is 2. The molecule has 4 heterocycles. The molecule has 2 aromatic heterocycles. The summed E-state index contributed by atoms with van der Waals surface area (Å²) in [5.41, 5.74) is 3.20. The van der Waals surface area contributed by atoms with Gasteiger partial charge in [-0.15, -0.1) is 11.3 Å². The molecular formula is C26H27ClN2O3S. The van der Waals surface area contributed by atoms with Crippen LogP contribution in [0.3, 0.4) is 0 Å². The summed E-state index contributed by atoms with van der Waals surface area (Å²) in [5, 5.41) is 13.5. The number of piperidine rings is 1. The van der Waals surface area contributed by atoms with E-state index in [1.54, 1.807) is 23.6 Å². The van der Waals surface area contributed by atoms with Crippen molar-refractivity contribution in [2.75, 3.05) is 26.3 Å². The van der Waals surface area contributed by atoms with E-state index in [2.05, 4.69) is 23.4 Å². The Kier molecular flexibility index (Phi) is 6.27. The van der Waals surface area contributed by atoms with E-state index in [1.165, 1.54) is 0 Å². The van der Waals surface area contributed by atoms with Gasteiger partial charge in [-0.3, -0.25) is 9.78 Å². The van der Waals surface area contributed by atoms with Gasteiger partial charge >= 0.3 is 0 Å². The van der Waals surface area contributed by atoms with Crippen molar-refractivity contribution in [3.05, 3.63) is 64.3 Å². The second-order valence-corrected chi connectivity index (χ2v) is 10.5. The van der Waals surface area contributed by atoms with Crippen LogP contribution < -0.4 is 0 Å². The van der Waals surface area contributed by atoms with Crippen LogP contribution in [-0.2, 0) is 10.3 Å². The van der Waals surface area contributed by atoms with Crippen LogP contribution in [0, 0.1) is 5.92 Å². The van der Waals surface area contributed by atoms with Gasteiger partial charge in [-0.05, 0) is 65.6 Å². The van der Waals surface area contributed by atoms with Crippen molar-refractivity contribution >= 4 is 28.8 Å². The lowest BCUT2D eigenvalue weighted by molar-refractivity contribution is 0.0195. The van der Waals surface area contributed by atoms with E-state index < -0.39 is 5.60 Å². The van der Waals surface area contributed by atoms with E-state index in [9.17, 15) is 9.90 Å². The maximum atomic E-state index is 12.9. The van der Waals surface area contributed by atoms with E-state index in [4.69, 9.17) is 16.3 Å². The van der Waals surface area contributed by atoms with Crippen molar-refractivity contribution in [1.82, 2.24) is 9.88 Å². The molecule has 1 aromatic carbocycles. The van der Waals surface area contributed by atoms with Crippen LogP contribution in [0.25, 0.3) is 21.6 Å². The molecule has 0 saturated carbocycles. The number of benzene rings is 1. The molecule has 0 bridgehead atoms. The fourth-order valence-electron chi connectivity index (χ4n) is 4.49. The number of aliphatic hydroxyl groups is 1. The van der Waals surface area contributed by atoms with Crippen molar-refractivity contribution in [3.8, 4) is 21.6 Å². The molecule has 5 rings (SSSR count).